The fourth-order valence-corrected chi connectivity index (χ4v) is 4.61. The lowest BCUT2D eigenvalue weighted by atomic mass is 10.0. The van der Waals surface area contributed by atoms with Gasteiger partial charge >= 0.3 is 0 Å². The smallest absolute Gasteiger partial charge is 0.223 e. The van der Waals surface area contributed by atoms with E-state index in [0.717, 1.165) is 27.1 Å². The summed E-state index contributed by atoms with van der Waals surface area (Å²) < 4.78 is 0.768. The number of Topliss-reactive ketones (excluding diaryl/α,β-unsaturated/α-hetero) is 1. The van der Waals surface area contributed by atoms with E-state index in [9.17, 15) is 9.59 Å². The van der Waals surface area contributed by atoms with Crippen molar-refractivity contribution in [1.29, 1.82) is 0 Å². The Kier molecular flexibility index (Phi) is 4.86. The highest BCUT2D eigenvalue weighted by Gasteiger charge is 2.25. The first-order chi connectivity index (χ1) is 11.5. The number of ketones is 1. The first-order valence-electron chi connectivity index (χ1n) is 7.62. The molecule has 0 fully saturated rings. The van der Waals surface area contributed by atoms with E-state index in [1.807, 2.05) is 19.1 Å². The number of anilines is 2. The van der Waals surface area contributed by atoms with Crippen LogP contribution in [-0.4, -0.2) is 40.7 Å². The van der Waals surface area contributed by atoms with Crippen molar-refractivity contribution < 1.29 is 9.59 Å². The maximum Gasteiger partial charge on any atom is 0.223 e. The van der Waals surface area contributed by atoms with Crippen molar-refractivity contribution in [3.05, 3.63) is 29.3 Å². The molecule has 0 radical (unpaired) electrons. The molecule has 0 bridgehead atoms. The molecule has 8 heteroatoms. The molecule has 1 aliphatic rings. The fourth-order valence-electron chi connectivity index (χ4n) is 2.68. The second-order valence-electron chi connectivity index (χ2n) is 5.51. The lowest BCUT2D eigenvalue weighted by Gasteiger charge is -2.15. The summed E-state index contributed by atoms with van der Waals surface area (Å²) >= 11 is 2.84. The molecule has 1 unspecified atom stereocenters. The van der Waals surface area contributed by atoms with Gasteiger partial charge in [-0.25, -0.2) is 0 Å². The zero-order chi connectivity index (χ0) is 17.3. The Hall–Kier alpha value is -1.93. The first-order valence-corrected chi connectivity index (χ1v) is 9.32. The molecule has 126 valence electrons. The van der Waals surface area contributed by atoms with Gasteiger partial charge in [0.2, 0.25) is 11.0 Å². The minimum atomic E-state index is -0.244. The van der Waals surface area contributed by atoms with Crippen LogP contribution >= 0.6 is 23.1 Å². The maximum absolute atomic E-state index is 12.7. The van der Waals surface area contributed by atoms with Crippen LogP contribution in [0.1, 0.15) is 29.8 Å². The van der Waals surface area contributed by atoms with Gasteiger partial charge in [-0.15, -0.1) is 10.2 Å². The van der Waals surface area contributed by atoms with Crippen molar-refractivity contribution in [2.24, 2.45) is 0 Å². The molecule has 0 saturated heterocycles. The van der Waals surface area contributed by atoms with E-state index in [2.05, 4.69) is 15.5 Å². The van der Waals surface area contributed by atoms with Crippen LogP contribution in [0.15, 0.2) is 22.5 Å². The average Bonchev–Trinajstić information content (AvgIpc) is 3.19. The van der Waals surface area contributed by atoms with E-state index in [1.54, 1.807) is 24.9 Å². The predicted molar refractivity (Wildman–Crippen MR) is 97.3 cm³/mol. The summed E-state index contributed by atoms with van der Waals surface area (Å²) in [5, 5.41) is 11.5. The van der Waals surface area contributed by atoms with Crippen LogP contribution in [0.25, 0.3) is 0 Å². The molecule has 1 atom stereocenters. The normalized spacial score (nSPS) is 14.4. The first kappa shape index (κ1) is 16.9. The summed E-state index contributed by atoms with van der Waals surface area (Å²) in [6.07, 6.45) is 0.791. The number of hydrogen-bond donors (Lipinski definition) is 1. The van der Waals surface area contributed by atoms with Gasteiger partial charge in [0.25, 0.3) is 0 Å². The highest BCUT2D eigenvalue weighted by Crippen LogP contribution is 2.32. The zero-order valence-electron chi connectivity index (χ0n) is 13.7. The van der Waals surface area contributed by atoms with Gasteiger partial charge in [0.15, 0.2) is 10.1 Å². The third kappa shape index (κ3) is 3.29. The number of hydrogen-bond acceptors (Lipinski definition) is 7. The minimum Gasteiger partial charge on any atom is -0.363 e. The molecule has 1 N–H and O–H groups in total. The van der Waals surface area contributed by atoms with Crippen molar-refractivity contribution in [3.8, 4) is 0 Å². The highest BCUT2D eigenvalue weighted by molar-refractivity contribution is 8.02. The molecule has 1 amide bonds. The van der Waals surface area contributed by atoms with E-state index in [1.165, 1.54) is 23.1 Å². The fraction of sp³-hybridized carbons (Fsp3) is 0.375. The SMILES string of the molecule is CNc1nnc(SC(C)C(=O)c2ccc3c(c2)CCN3C(C)=O)s1. The lowest BCUT2D eigenvalue weighted by Crippen LogP contribution is -2.25. The van der Waals surface area contributed by atoms with Crippen LogP contribution in [0.3, 0.4) is 0 Å². The maximum atomic E-state index is 12.7. The molecule has 2 aromatic rings. The van der Waals surface area contributed by atoms with E-state index < -0.39 is 0 Å². The predicted octanol–water partition coefficient (Wildman–Crippen LogP) is 2.85. The molecule has 1 aromatic heterocycles. The Morgan fingerprint density at radius 1 is 1.38 bits per heavy atom. The van der Waals surface area contributed by atoms with Crippen LogP contribution in [0.5, 0.6) is 0 Å². The molecule has 1 aliphatic heterocycles. The van der Waals surface area contributed by atoms with Gasteiger partial charge in [-0.05, 0) is 37.1 Å². The Morgan fingerprint density at radius 2 is 2.17 bits per heavy atom. The van der Waals surface area contributed by atoms with Crippen molar-refractivity contribution >= 4 is 45.6 Å². The van der Waals surface area contributed by atoms with Gasteiger partial charge in [-0.3, -0.25) is 9.59 Å². The van der Waals surface area contributed by atoms with Gasteiger partial charge in [0.05, 0.1) is 5.25 Å². The number of carbonyl (C=O) groups excluding carboxylic acids is 2. The van der Waals surface area contributed by atoms with Gasteiger partial charge in [0.1, 0.15) is 0 Å². The van der Waals surface area contributed by atoms with Gasteiger partial charge < -0.3 is 10.2 Å². The standard InChI is InChI=1S/C16H18N4O2S2/c1-9(23-16-19-18-15(17-3)24-16)14(22)12-4-5-13-11(8-12)6-7-20(13)10(2)21/h4-5,8-9H,6-7H2,1-3H3,(H,17,18). The number of carbonyl (C=O) groups is 2. The second kappa shape index (κ2) is 6.90. The van der Waals surface area contributed by atoms with Gasteiger partial charge in [0, 0.05) is 31.8 Å². The van der Waals surface area contributed by atoms with Crippen LogP contribution in [0, 0.1) is 0 Å². The molecule has 1 aromatic carbocycles. The van der Waals surface area contributed by atoms with Crippen molar-refractivity contribution in [2.75, 3.05) is 23.8 Å². The summed E-state index contributed by atoms with van der Waals surface area (Å²) in [6, 6.07) is 5.59. The van der Waals surface area contributed by atoms with Crippen molar-refractivity contribution in [1.82, 2.24) is 10.2 Å². The Balaban J connectivity index is 1.74. The lowest BCUT2D eigenvalue weighted by molar-refractivity contribution is -0.116. The number of rotatable bonds is 5. The molecule has 24 heavy (non-hydrogen) atoms. The van der Waals surface area contributed by atoms with E-state index in [4.69, 9.17) is 0 Å². The minimum absolute atomic E-state index is 0.0355. The van der Waals surface area contributed by atoms with Crippen LogP contribution in [0.4, 0.5) is 10.8 Å². The quantitative estimate of drug-likeness (QED) is 0.651. The number of fused-ring (bicyclic) bond motifs is 1. The number of aromatic nitrogens is 2. The number of thioether (sulfide) groups is 1. The topological polar surface area (TPSA) is 75.2 Å². The molecular weight excluding hydrogens is 344 g/mol. The largest absolute Gasteiger partial charge is 0.363 e. The molecule has 0 aliphatic carbocycles. The van der Waals surface area contributed by atoms with E-state index >= 15 is 0 Å². The summed E-state index contributed by atoms with van der Waals surface area (Å²) in [7, 11) is 1.79. The summed E-state index contributed by atoms with van der Waals surface area (Å²) in [5.74, 6) is 0.0960. The highest BCUT2D eigenvalue weighted by atomic mass is 32.2. The zero-order valence-corrected chi connectivity index (χ0v) is 15.3. The number of nitrogens with zero attached hydrogens (tertiary/aromatic N) is 3. The van der Waals surface area contributed by atoms with Gasteiger partial charge in [-0.1, -0.05) is 23.1 Å². The van der Waals surface area contributed by atoms with Crippen LogP contribution in [0.2, 0.25) is 0 Å². The number of nitrogens with one attached hydrogen (secondary N) is 1. The van der Waals surface area contributed by atoms with Crippen LogP contribution in [-0.2, 0) is 11.2 Å². The Bertz CT molecular complexity index is 790. The van der Waals surface area contributed by atoms with Crippen LogP contribution < -0.4 is 10.2 Å². The second-order valence-corrected chi connectivity index (χ2v) is 8.08. The average molecular weight is 362 g/mol. The molecular formula is C16H18N4O2S2. The van der Waals surface area contributed by atoms with Crippen molar-refractivity contribution in [3.63, 3.8) is 0 Å². The Labute approximate surface area is 148 Å². The van der Waals surface area contributed by atoms with E-state index in [-0.39, 0.29) is 16.9 Å². The molecule has 0 spiro atoms. The number of amides is 1. The van der Waals surface area contributed by atoms with E-state index in [0.29, 0.717) is 12.1 Å². The van der Waals surface area contributed by atoms with Crippen molar-refractivity contribution in [2.45, 2.75) is 29.9 Å². The third-order valence-electron chi connectivity index (χ3n) is 3.91. The molecule has 0 saturated carbocycles. The molecule has 3 rings (SSSR count). The summed E-state index contributed by atoms with van der Waals surface area (Å²) in [4.78, 5) is 26.0. The molecule has 6 nitrogen and oxygen atoms in total. The summed E-state index contributed by atoms with van der Waals surface area (Å²) in [6.45, 7) is 4.13. The Morgan fingerprint density at radius 3 is 2.83 bits per heavy atom. The van der Waals surface area contributed by atoms with Gasteiger partial charge in [-0.2, -0.15) is 0 Å². The molecule has 2 heterocycles. The summed E-state index contributed by atoms with van der Waals surface area (Å²) in [5.41, 5.74) is 2.65. The number of benzene rings is 1. The third-order valence-corrected chi connectivity index (χ3v) is 6.03. The monoisotopic (exact) mass is 362 g/mol.